The van der Waals surface area contributed by atoms with Crippen LogP contribution >= 0.6 is 23.4 Å². The third-order valence-electron chi connectivity index (χ3n) is 5.18. The first-order valence-electron chi connectivity index (χ1n) is 10.3. The number of methoxy groups -OCH3 is 1. The molecule has 0 N–H and O–H groups in total. The summed E-state index contributed by atoms with van der Waals surface area (Å²) >= 11 is 8.10. The number of halogens is 2. The quantitative estimate of drug-likeness (QED) is 0.457. The van der Waals surface area contributed by atoms with E-state index in [4.69, 9.17) is 25.8 Å². The van der Waals surface area contributed by atoms with Gasteiger partial charge in [0.1, 0.15) is 12.4 Å². The van der Waals surface area contributed by atoms with Gasteiger partial charge in [-0.2, -0.15) is 0 Å². The summed E-state index contributed by atoms with van der Waals surface area (Å²) in [4.78, 5) is 19.3. The van der Waals surface area contributed by atoms with Gasteiger partial charge in [-0.25, -0.2) is 14.2 Å². The van der Waals surface area contributed by atoms with Gasteiger partial charge in [-0.15, -0.1) is 0 Å². The fourth-order valence-electron chi connectivity index (χ4n) is 3.67. The maximum Gasteiger partial charge on any atom is 0.338 e. The summed E-state index contributed by atoms with van der Waals surface area (Å²) < 4.78 is 30.0. The van der Waals surface area contributed by atoms with Gasteiger partial charge in [0, 0.05) is 6.20 Å². The maximum absolute atomic E-state index is 13.2. The van der Waals surface area contributed by atoms with Gasteiger partial charge in [0.25, 0.3) is 0 Å². The van der Waals surface area contributed by atoms with Crippen molar-refractivity contribution < 1.29 is 23.4 Å². The molecule has 9 heteroatoms. The van der Waals surface area contributed by atoms with E-state index in [1.807, 2.05) is 16.5 Å². The number of allylic oxidation sites excluding steroid dienone is 1. The molecule has 6 nitrogen and oxygen atoms in total. The van der Waals surface area contributed by atoms with Gasteiger partial charge in [-0.3, -0.25) is 0 Å². The van der Waals surface area contributed by atoms with Crippen LogP contribution in [-0.4, -0.2) is 29.8 Å². The predicted octanol–water partition coefficient (Wildman–Crippen LogP) is 5.83. The van der Waals surface area contributed by atoms with E-state index in [0.717, 1.165) is 16.3 Å². The average Bonchev–Trinajstić information content (AvgIpc) is 3.26. The number of carbonyl (C=O) groups is 1. The monoisotopic (exact) mass is 488 g/mol. The minimum absolute atomic E-state index is 0.189. The summed E-state index contributed by atoms with van der Waals surface area (Å²) in [6, 6.07) is 9.09. The smallest absolute Gasteiger partial charge is 0.338 e. The van der Waals surface area contributed by atoms with Crippen molar-refractivity contribution in [2.75, 3.05) is 13.7 Å². The Kier molecular flexibility index (Phi) is 6.95. The zero-order valence-corrected chi connectivity index (χ0v) is 19.9. The van der Waals surface area contributed by atoms with E-state index in [0.29, 0.717) is 27.8 Å². The number of carbonyl (C=O) groups excluding carboxylic acids is 1. The van der Waals surface area contributed by atoms with Gasteiger partial charge in [0.2, 0.25) is 0 Å². The van der Waals surface area contributed by atoms with Gasteiger partial charge in [-0.1, -0.05) is 35.5 Å². The molecule has 4 rings (SSSR count). The fourth-order valence-corrected chi connectivity index (χ4v) is 4.74. The van der Waals surface area contributed by atoms with E-state index >= 15 is 0 Å². The standard InChI is InChI=1S/C24H22ClFN2O4S/c1-4-31-23(29)20-14(2)27-24-28(9-10-33-24)21(20)16-11-18(25)22(19(12-16)30-3)32-13-15-5-7-17(26)8-6-15/h5-12,21H,4,13H2,1-3H3/t21-/m0/s1. The molecule has 0 fully saturated rings. The number of aliphatic imine (C=N–C) groups is 1. The summed E-state index contributed by atoms with van der Waals surface area (Å²) in [7, 11) is 1.52. The first kappa shape index (κ1) is 23.2. The Hall–Kier alpha value is -2.97. The van der Waals surface area contributed by atoms with Crippen LogP contribution in [0.5, 0.6) is 11.5 Å². The van der Waals surface area contributed by atoms with Crippen molar-refractivity contribution in [1.29, 1.82) is 0 Å². The van der Waals surface area contributed by atoms with Gasteiger partial charge < -0.3 is 19.1 Å². The van der Waals surface area contributed by atoms with Crippen LogP contribution in [0.1, 0.15) is 31.0 Å². The Balaban J connectivity index is 1.70. The Bertz CT molecular complexity index is 1160. The van der Waals surface area contributed by atoms with Crippen LogP contribution in [0.15, 0.2) is 64.3 Å². The molecule has 33 heavy (non-hydrogen) atoms. The second kappa shape index (κ2) is 9.89. The van der Waals surface area contributed by atoms with Gasteiger partial charge in [0.15, 0.2) is 16.7 Å². The van der Waals surface area contributed by atoms with Crippen molar-refractivity contribution in [3.8, 4) is 11.5 Å². The predicted molar refractivity (Wildman–Crippen MR) is 127 cm³/mol. The van der Waals surface area contributed by atoms with Gasteiger partial charge in [-0.05, 0) is 54.6 Å². The highest BCUT2D eigenvalue weighted by molar-refractivity contribution is 8.16. The summed E-state index contributed by atoms with van der Waals surface area (Å²) in [5, 5.41) is 3.00. The van der Waals surface area contributed by atoms with E-state index in [9.17, 15) is 9.18 Å². The number of benzene rings is 2. The summed E-state index contributed by atoms with van der Waals surface area (Å²) in [5.74, 6) is 0.0332. The van der Waals surface area contributed by atoms with E-state index in [1.54, 1.807) is 38.1 Å². The van der Waals surface area contributed by atoms with Crippen LogP contribution in [-0.2, 0) is 16.1 Å². The highest BCUT2D eigenvalue weighted by Gasteiger charge is 2.38. The summed E-state index contributed by atoms with van der Waals surface area (Å²) in [6.45, 7) is 4.00. The molecule has 0 spiro atoms. The number of thioether (sulfide) groups is 1. The van der Waals surface area contributed by atoms with Crippen molar-refractivity contribution in [3.05, 3.63) is 81.2 Å². The van der Waals surface area contributed by atoms with E-state index < -0.39 is 12.0 Å². The average molecular weight is 489 g/mol. The second-order valence-corrected chi connectivity index (χ2v) is 8.56. The maximum atomic E-state index is 13.2. The van der Waals surface area contributed by atoms with Gasteiger partial charge in [0.05, 0.1) is 36.1 Å². The van der Waals surface area contributed by atoms with Crippen LogP contribution in [0.3, 0.4) is 0 Å². The Morgan fingerprint density at radius 1 is 1.27 bits per heavy atom. The molecule has 0 saturated heterocycles. The first-order chi connectivity index (χ1) is 15.9. The molecule has 1 atom stereocenters. The van der Waals surface area contributed by atoms with Crippen LogP contribution in [0.25, 0.3) is 0 Å². The molecule has 0 aromatic heterocycles. The zero-order chi connectivity index (χ0) is 23.5. The molecule has 2 aliphatic rings. The van der Waals surface area contributed by atoms with Gasteiger partial charge >= 0.3 is 5.97 Å². The molecular formula is C24H22ClFN2O4S. The Morgan fingerprint density at radius 2 is 2.03 bits per heavy atom. The number of rotatable bonds is 7. The lowest BCUT2D eigenvalue weighted by atomic mass is 9.94. The van der Waals surface area contributed by atoms with Crippen molar-refractivity contribution in [2.45, 2.75) is 26.5 Å². The Morgan fingerprint density at radius 3 is 2.73 bits per heavy atom. The van der Waals surface area contributed by atoms with E-state index in [-0.39, 0.29) is 19.0 Å². The lowest BCUT2D eigenvalue weighted by Crippen LogP contribution is -2.34. The molecule has 2 heterocycles. The second-order valence-electron chi connectivity index (χ2n) is 7.28. The third kappa shape index (κ3) is 4.72. The fraction of sp³-hybridized carbons (Fsp3) is 0.250. The molecule has 0 radical (unpaired) electrons. The van der Waals surface area contributed by atoms with Crippen LogP contribution in [0, 0.1) is 5.82 Å². The molecule has 2 aliphatic heterocycles. The first-order valence-corrected chi connectivity index (χ1v) is 11.5. The number of amidine groups is 1. The molecule has 0 unspecified atom stereocenters. The molecule has 0 saturated carbocycles. The zero-order valence-electron chi connectivity index (χ0n) is 18.3. The van der Waals surface area contributed by atoms with Crippen LogP contribution in [0.2, 0.25) is 5.02 Å². The van der Waals surface area contributed by atoms with Crippen LogP contribution < -0.4 is 9.47 Å². The normalized spacial score (nSPS) is 17.1. The largest absolute Gasteiger partial charge is 0.493 e. The number of nitrogens with zero attached hydrogens (tertiary/aromatic N) is 2. The van der Waals surface area contributed by atoms with Crippen LogP contribution in [0.4, 0.5) is 4.39 Å². The van der Waals surface area contributed by atoms with Crippen molar-refractivity contribution in [1.82, 2.24) is 4.90 Å². The third-order valence-corrected chi connectivity index (χ3v) is 6.23. The molecule has 0 amide bonds. The molecule has 0 aliphatic carbocycles. The topological polar surface area (TPSA) is 60.4 Å². The van der Waals surface area contributed by atoms with E-state index in [1.165, 1.54) is 31.0 Å². The molecule has 0 bridgehead atoms. The van der Waals surface area contributed by atoms with Crippen molar-refractivity contribution in [2.24, 2.45) is 4.99 Å². The molecular weight excluding hydrogens is 467 g/mol. The number of ether oxygens (including phenoxy) is 3. The van der Waals surface area contributed by atoms with E-state index in [2.05, 4.69) is 4.99 Å². The number of esters is 1. The summed E-state index contributed by atoms with van der Waals surface area (Å²) in [5.41, 5.74) is 2.54. The SMILES string of the molecule is CCOC(=O)C1=C(C)N=C2SC=CN2[C@H]1c1cc(Cl)c(OCc2ccc(F)cc2)c(OC)c1. The number of fused-ring (bicyclic) bond motifs is 1. The highest BCUT2D eigenvalue weighted by Crippen LogP contribution is 2.45. The molecule has 2 aromatic carbocycles. The Labute approximate surface area is 200 Å². The summed E-state index contributed by atoms with van der Waals surface area (Å²) in [6.07, 6.45) is 1.87. The van der Waals surface area contributed by atoms with Crippen molar-refractivity contribution >= 4 is 34.5 Å². The lowest BCUT2D eigenvalue weighted by molar-refractivity contribution is -0.139. The number of hydrogen-bond acceptors (Lipinski definition) is 7. The minimum Gasteiger partial charge on any atom is -0.493 e. The van der Waals surface area contributed by atoms with Crippen molar-refractivity contribution in [3.63, 3.8) is 0 Å². The lowest BCUT2D eigenvalue weighted by Gasteiger charge is -2.33. The minimum atomic E-state index is -0.486. The molecule has 2 aromatic rings. The number of hydrogen-bond donors (Lipinski definition) is 0. The molecule has 172 valence electrons. The highest BCUT2D eigenvalue weighted by atomic mass is 35.5.